The zero-order valence-corrected chi connectivity index (χ0v) is 11.8. The number of thioether (sulfide) groups is 1. The van der Waals surface area contributed by atoms with Crippen molar-refractivity contribution in [1.29, 1.82) is 0 Å². The average Bonchev–Trinajstić information content (AvgIpc) is 2.28. The van der Waals surface area contributed by atoms with Gasteiger partial charge in [0.15, 0.2) is 5.69 Å². The summed E-state index contributed by atoms with van der Waals surface area (Å²) in [6.45, 7) is 5.90. The first-order valence-corrected chi connectivity index (χ1v) is 6.59. The Balaban J connectivity index is 2.82. The van der Waals surface area contributed by atoms with Gasteiger partial charge in [-0.25, -0.2) is 0 Å². The van der Waals surface area contributed by atoms with Gasteiger partial charge in [0.1, 0.15) is 5.75 Å². The molecule has 0 spiro atoms. The maximum Gasteiger partial charge on any atom is 0.296 e. The summed E-state index contributed by atoms with van der Waals surface area (Å²) in [5, 5.41) is 22.8. The number of carbonyl (C=O) groups excluding carboxylic acids is 1. The Morgan fingerprint density at radius 1 is 1.47 bits per heavy atom. The number of phenolic OH excluding ortho intramolecular Hbond substituents is 1. The number of para-hydroxylation sites is 1. The van der Waals surface area contributed by atoms with E-state index in [0.717, 1.165) is 0 Å². The number of nitro benzene ring substituents is 1. The highest BCUT2D eigenvalue weighted by Gasteiger charge is 2.20. The average molecular weight is 284 g/mol. The number of phenols is 1. The second kappa shape index (κ2) is 5.92. The van der Waals surface area contributed by atoms with Crippen LogP contribution in [0, 0.1) is 10.1 Å². The van der Waals surface area contributed by atoms with Gasteiger partial charge >= 0.3 is 0 Å². The van der Waals surface area contributed by atoms with Crippen LogP contribution in [0.25, 0.3) is 0 Å². The van der Waals surface area contributed by atoms with E-state index < -0.39 is 4.92 Å². The van der Waals surface area contributed by atoms with Crippen LogP contribution in [0.5, 0.6) is 5.75 Å². The van der Waals surface area contributed by atoms with Crippen molar-refractivity contribution in [3.63, 3.8) is 0 Å². The number of nitrogens with one attached hydrogen (secondary N) is 1. The first-order chi connectivity index (χ1) is 8.70. The standard InChI is InChI=1S/C12H16N2O4S/c1-12(2,3)19-7-10(16)13-11-8(14(17)18)5-4-6-9(11)15/h4-6,15H,7H2,1-3H3,(H,13,16). The van der Waals surface area contributed by atoms with Gasteiger partial charge in [-0.05, 0) is 6.07 Å². The van der Waals surface area contributed by atoms with E-state index in [1.807, 2.05) is 20.8 Å². The van der Waals surface area contributed by atoms with Crippen LogP contribution in [0.15, 0.2) is 18.2 Å². The minimum absolute atomic E-state index is 0.0813. The summed E-state index contributed by atoms with van der Waals surface area (Å²) in [5.74, 6) is -0.539. The fraction of sp³-hybridized carbons (Fsp3) is 0.417. The number of amides is 1. The van der Waals surface area contributed by atoms with Gasteiger partial charge in [0.2, 0.25) is 5.91 Å². The molecule has 0 aromatic heterocycles. The van der Waals surface area contributed by atoms with E-state index in [0.29, 0.717) is 0 Å². The molecule has 0 aliphatic carbocycles. The highest BCUT2D eigenvalue weighted by atomic mass is 32.2. The molecule has 2 N–H and O–H groups in total. The highest BCUT2D eigenvalue weighted by Crippen LogP contribution is 2.33. The number of nitro groups is 1. The lowest BCUT2D eigenvalue weighted by molar-refractivity contribution is -0.384. The predicted octanol–water partition coefficient (Wildman–Crippen LogP) is 2.77. The van der Waals surface area contributed by atoms with E-state index in [1.165, 1.54) is 30.0 Å². The van der Waals surface area contributed by atoms with Crippen LogP contribution < -0.4 is 5.32 Å². The zero-order chi connectivity index (χ0) is 14.6. The lowest BCUT2D eigenvalue weighted by atomic mass is 10.2. The molecule has 1 amide bonds. The molecule has 0 bridgehead atoms. The normalized spacial score (nSPS) is 11.1. The zero-order valence-electron chi connectivity index (χ0n) is 11.0. The van der Waals surface area contributed by atoms with Crippen LogP contribution in [0.1, 0.15) is 20.8 Å². The van der Waals surface area contributed by atoms with Gasteiger partial charge in [-0.2, -0.15) is 0 Å². The summed E-state index contributed by atoms with van der Waals surface area (Å²) < 4.78 is -0.0813. The molecule has 0 heterocycles. The van der Waals surface area contributed by atoms with Crippen molar-refractivity contribution in [1.82, 2.24) is 0 Å². The highest BCUT2D eigenvalue weighted by molar-refractivity contribution is 8.01. The Kier molecular flexibility index (Phi) is 4.77. The molecule has 7 heteroatoms. The van der Waals surface area contributed by atoms with Crippen LogP contribution in [0.2, 0.25) is 0 Å². The number of hydrogen-bond acceptors (Lipinski definition) is 5. The summed E-state index contributed by atoms with van der Waals surface area (Å²) >= 11 is 1.42. The fourth-order valence-electron chi connectivity index (χ4n) is 1.27. The number of anilines is 1. The molecule has 0 saturated carbocycles. The third kappa shape index (κ3) is 4.78. The molecule has 6 nitrogen and oxygen atoms in total. The predicted molar refractivity (Wildman–Crippen MR) is 75.6 cm³/mol. The molecule has 1 rings (SSSR count). The van der Waals surface area contributed by atoms with E-state index in [-0.39, 0.29) is 33.5 Å². The lowest BCUT2D eigenvalue weighted by Crippen LogP contribution is -2.19. The topological polar surface area (TPSA) is 92.5 Å². The number of carbonyl (C=O) groups is 1. The Morgan fingerprint density at radius 2 is 2.11 bits per heavy atom. The second-order valence-corrected chi connectivity index (χ2v) is 6.68. The summed E-state index contributed by atoms with van der Waals surface area (Å²) in [4.78, 5) is 21.9. The number of benzene rings is 1. The van der Waals surface area contributed by atoms with Gasteiger partial charge in [-0.1, -0.05) is 26.8 Å². The molecule has 104 valence electrons. The summed E-state index contributed by atoms with van der Waals surface area (Å²) in [5.41, 5.74) is -0.485. The van der Waals surface area contributed by atoms with Gasteiger partial charge in [-0.3, -0.25) is 14.9 Å². The van der Waals surface area contributed by atoms with Crippen molar-refractivity contribution in [2.75, 3.05) is 11.1 Å². The minimum Gasteiger partial charge on any atom is -0.505 e. The molecule has 1 aromatic carbocycles. The molecule has 19 heavy (non-hydrogen) atoms. The third-order valence-electron chi connectivity index (χ3n) is 2.12. The molecule has 0 fully saturated rings. The van der Waals surface area contributed by atoms with Crippen molar-refractivity contribution >= 4 is 29.0 Å². The largest absolute Gasteiger partial charge is 0.505 e. The number of rotatable bonds is 4. The minimum atomic E-state index is -0.647. The third-order valence-corrected chi connectivity index (χ3v) is 3.39. The van der Waals surface area contributed by atoms with Gasteiger partial charge < -0.3 is 10.4 Å². The Hall–Kier alpha value is -1.76. The van der Waals surface area contributed by atoms with E-state index in [4.69, 9.17) is 0 Å². The van der Waals surface area contributed by atoms with Crippen LogP contribution >= 0.6 is 11.8 Å². The van der Waals surface area contributed by atoms with Crippen molar-refractivity contribution in [3.05, 3.63) is 28.3 Å². The fourth-order valence-corrected chi connectivity index (χ4v) is 1.90. The molecular formula is C12H16N2O4S. The van der Waals surface area contributed by atoms with Crippen LogP contribution in [0.3, 0.4) is 0 Å². The maximum atomic E-state index is 11.7. The second-order valence-electron chi connectivity index (χ2n) is 4.88. The smallest absolute Gasteiger partial charge is 0.296 e. The molecule has 0 unspecified atom stereocenters. The Morgan fingerprint density at radius 3 is 2.63 bits per heavy atom. The van der Waals surface area contributed by atoms with E-state index in [2.05, 4.69) is 5.32 Å². The molecule has 0 atom stereocenters. The first kappa shape index (κ1) is 15.3. The van der Waals surface area contributed by atoms with E-state index in [9.17, 15) is 20.0 Å². The molecule has 0 radical (unpaired) electrons. The van der Waals surface area contributed by atoms with E-state index >= 15 is 0 Å². The Labute approximate surface area is 115 Å². The summed E-state index contributed by atoms with van der Waals surface area (Å²) in [6, 6.07) is 3.87. The molecule has 0 aliphatic rings. The van der Waals surface area contributed by atoms with Crippen molar-refractivity contribution < 1.29 is 14.8 Å². The molecule has 1 aromatic rings. The SMILES string of the molecule is CC(C)(C)SCC(=O)Nc1c(O)cccc1[N+](=O)[O-]. The quantitative estimate of drug-likeness (QED) is 0.504. The van der Waals surface area contributed by atoms with Crippen molar-refractivity contribution in [2.45, 2.75) is 25.5 Å². The van der Waals surface area contributed by atoms with Gasteiger partial charge in [-0.15, -0.1) is 11.8 Å². The summed E-state index contributed by atoms with van der Waals surface area (Å²) in [7, 11) is 0. The van der Waals surface area contributed by atoms with Gasteiger partial charge in [0.05, 0.1) is 10.7 Å². The Bertz CT molecular complexity index is 497. The lowest BCUT2D eigenvalue weighted by Gasteiger charge is -2.17. The van der Waals surface area contributed by atoms with Crippen molar-refractivity contribution in [3.8, 4) is 5.75 Å². The van der Waals surface area contributed by atoms with Crippen LogP contribution in [0.4, 0.5) is 11.4 Å². The summed E-state index contributed by atoms with van der Waals surface area (Å²) in [6.07, 6.45) is 0. The van der Waals surface area contributed by atoms with Gasteiger partial charge in [0, 0.05) is 10.8 Å². The number of nitrogens with zero attached hydrogens (tertiary/aromatic N) is 1. The van der Waals surface area contributed by atoms with Crippen LogP contribution in [-0.2, 0) is 4.79 Å². The van der Waals surface area contributed by atoms with Crippen molar-refractivity contribution in [2.24, 2.45) is 0 Å². The van der Waals surface area contributed by atoms with Gasteiger partial charge in [0.25, 0.3) is 5.69 Å². The molecule has 0 aliphatic heterocycles. The monoisotopic (exact) mass is 284 g/mol. The maximum absolute atomic E-state index is 11.7. The van der Waals surface area contributed by atoms with Crippen LogP contribution in [-0.4, -0.2) is 26.4 Å². The molecule has 0 saturated heterocycles. The number of hydrogen-bond donors (Lipinski definition) is 2. The molecular weight excluding hydrogens is 268 g/mol. The van der Waals surface area contributed by atoms with E-state index in [1.54, 1.807) is 0 Å². The number of aromatic hydroxyl groups is 1. The first-order valence-electron chi connectivity index (χ1n) is 5.61.